The SMILES string of the molecule is Cc1ccc(N(C)S(=O)(=O)c2c[nH]c(CN)c2)cc1. The average molecular weight is 279 g/mol. The summed E-state index contributed by atoms with van der Waals surface area (Å²) in [6, 6.07) is 8.88. The zero-order valence-electron chi connectivity index (χ0n) is 10.9. The third-order valence-corrected chi connectivity index (χ3v) is 4.76. The van der Waals surface area contributed by atoms with Gasteiger partial charge < -0.3 is 10.7 Å². The summed E-state index contributed by atoms with van der Waals surface area (Å²) in [5, 5.41) is 0. The molecule has 0 spiro atoms. The van der Waals surface area contributed by atoms with Gasteiger partial charge in [-0.25, -0.2) is 8.42 Å². The summed E-state index contributed by atoms with van der Waals surface area (Å²) in [5.41, 5.74) is 7.87. The molecule has 2 rings (SSSR count). The molecule has 1 heterocycles. The zero-order valence-corrected chi connectivity index (χ0v) is 11.7. The van der Waals surface area contributed by atoms with E-state index in [0.717, 1.165) is 5.56 Å². The van der Waals surface area contributed by atoms with Crippen molar-refractivity contribution in [3.8, 4) is 0 Å². The lowest BCUT2D eigenvalue weighted by Crippen LogP contribution is -2.26. The molecule has 0 aliphatic heterocycles. The molecule has 0 bridgehead atoms. The second-order valence-electron chi connectivity index (χ2n) is 4.37. The summed E-state index contributed by atoms with van der Waals surface area (Å²) >= 11 is 0. The first kappa shape index (κ1) is 13.6. The van der Waals surface area contributed by atoms with Crippen molar-refractivity contribution in [1.29, 1.82) is 0 Å². The molecule has 0 saturated carbocycles. The number of sulfonamides is 1. The van der Waals surface area contributed by atoms with Crippen molar-refractivity contribution >= 4 is 15.7 Å². The predicted octanol–water partition coefficient (Wildman–Crippen LogP) is 1.61. The minimum atomic E-state index is -3.55. The molecule has 2 aromatic rings. The standard InChI is InChI=1S/C13H17N3O2S/c1-10-3-5-12(6-4-10)16(2)19(17,18)13-7-11(8-14)15-9-13/h3-7,9,15H,8,14H2,1-2H3. The van der Waals surface area contributed by atoms with E-state index in [-0.39, 0.29) is 11.4 Å². The van der Waals surface area contributed by atoms with Crippen LogP contribution >= 0.6 is 0 Å². The molecular formula is C13H17N3O2S. The van der Waals surface area contributed by atoms with Gasteiger partial charge in [-0.2, -0.15) is 0 Å². The zero-order chi connectivity index (χ0) is 14.0. The molecule has 0 amide bonds. The third kappa shape index (κ3) is 2.64. The number of rotatable bonds is 4. The van der Waals surface area contributed by atoms with Crippen molar-refractivity contribution in [3.05, 3.63) is 47.8 Å². The van der Waals surface area contributed by atoms with Crippen LogP contribution in [0.15, 0.2) is 41.4 Å². The number of nitrogens with zero attached hydrogens (tertiary/aromatic N) is 1. The van der Waals surface area contributed by atoms with Gasteiger partial charge in [0.25, 0.3) is 10.0 Å². The number of H-pyrrole nitrogens is 1. The van der Waals surface area contributed by atoms with Crippen molar-refractivity contribution in [2.24, 2.45) is 5.73 Å². The van der Waals surface area contributed by atoms with Gasteiger partial charge in [-0.05, 0) is 25.1 Å². The highest BCUT2D eigenvalue weighted by atomic mass is 32.2. The summed E-state index contributed by atoms with van der Waals surface area (Å²) in [6.07, 6.45) is 1.46. The van der Waals surface area contributed by atoms with E-state index in [2.05, 4.69) is 4.98 Å². The van der Waals surface area contributed by atoms with Crippen LogP contribution in [-0.2, 0) is 16.6 Å². The van der Waals surface area contributed by atoms with Crippen molar-refractivity contribution in [2.75, 3.05) is 11.4 Å². The van der Waals surface area contributed by atoms with Crippen LogP contribution in [0.2, 0.25) is 0 Å². The lowest BCUT2D eigenvalue weighted by Gasteiger charge is -2.18. The molecule has 6 heteroatoms. The Balaban J connectivity index is 2.36. The van der Waals surface area contributed by atoms with Gasteiger partial charge in [0.05, 0.1) is 5.69 Å². The quantitative estimate of drug-likeness (QED) is 0.892. The van der Waals surface area contributed by atoms with Crippen molar-refractivity contribution in [3.63, 3.8) is 0 Å². The molecule has 0 atom stereocenters. The minimum Gasteiger partial charge on any atom is -0.363 e. The smallest absolute Gasteiger partial charge is 0.265 e. The van der Waals surface area contributed by atoms with Crippen LogP contribution < -0.4 is 10.0 Å². The van der Waals surface area contributed by atoms with E-state index >= 15 is 0 Å². The number of aryl methyl sites for hydroxylation is 1. The van der Waals surface area contributed by atoms with Crippen LogP contribution in [0.5, 0.6) is 0 Å². The fourth-order valence-corrected chi connectivity index (χ4v) is 2.95. The summed E-state index contributed by atoms with van der Waals surface area (Å²) in [6.45, 7) is 2.24. The largest absolute Gasteiger partial charge is 0.363 e. The molecule has 0 radical (unpaired) electrons. The Kier molecular flexibility index (Phi) is 3.64. The summed E-state index contributed by atoms with van der Waals surface area (Å²) in [4.78, 5) is 3.06. The fourth-order valence-electron chi connectivity index (χ4n) is 1.74. The van der Waals surface area contributed by atoms with E-state index in [1.165, 1.54) is 17.5 Å². The molecule has 1 aromatic heterocycles. The topological polar surface area (TPSA) is 79.2 Å². The number of nitrogens with one attached hydrogen (secondary N) is 1. The number of anilines is 1. The monoisotopic (exact) mass is 279 g/mol. The van der Waals surface area contributed by atoms with Gasteiger partial charge >= 0.3 is 0 Å². The van der Waals surface area contributed by atoms with E-state index in [1.54, 1.807) is 18.2 Å². The van der Waals surface area contributed by atoms with Gasteiger partial charge in [0.15, 0.2) is 0 Å². The first-order valence-corrected chi connectivity index (χ1v) is 7.32. The first-order chi connectivity index (χ1) is 8.95. The van der Waals surface area contributed by atoms with E-state index in [4.69, 9.17) is 5.73 Å². The number of aromatic nitrogens is 1. The molecule has 0 fully saturated rings. The van der Waals surface area contributed by atoms with Gasteiger partial charge in [0.2, 0.25) is 0 Å². The van der Waals surface area contributed by atoms with Gasteiger partial charge in [-0.1, -0.05) is 17.7 Å². The molecule has 0 saturated heterocycles. The summed E-state index contributed by atoms with van der Waals surface area (Å²) in [7, 11) is -2.01. The highest BCUT2D eigenvalue weighted by Gasteiger charge is 2.22. The fraction of sp³-hybridized carbons (Fsp3) is 0.231. The normalized spacial score (nSPS) is 11.5. The Morgan fingerprint density at radius 3 is 2.42 bits per heavy atom. The highest BCUT2D eigenvalue weighted by Crippen LogP contribution is 2.22. The number of nitrogens with two attached hydrogens (primary N) is 1. The van der Waals surface area contributed by atoms with E-state index in [0.29, 0.717) is 11.4 Å². The Hall–Kier alpha value is -1.79. The maximum Gasteiger partial charge on any atom is 0.265 e. The number of hydrogen-bond donors (Lipinski definition) is 2. The molecule has 5 nitrogen and oxygen atoms in total. The van der Waals surface area contributed by atoms with Crippen LogP contribution in [0.4, 0.5) is 5.69 Å². The third-order valence-electron chi connectivity index (χ3n) is 2.99. The number of benzene rings is 1. The number of aromatic amines is 1. The molecular weight excluding hydrogens is 262 g/mol. The molecule has 0 unspecified atom stereocenters. The Morgan fingerprint density at radius 1 is 1.26 bits per heavy atom. The lowest BCUT2D eigenvalue weighted by molar-refractivity contribution is 0.594. The van der Waals surface area contributed by atoms with E-state index in [9.17, 15) is 8.42 Å². The lowest BCUT2D eigenvalue weighted by atomic mass is 10.2. The molecule has 3 N–H and O–H groups in total. The van der Waals surface area contributed by atoms with Crippen LogP contribution in [0.25, 0.3) is 0 Å². The second-order valence-corrected chi connectivity index (χ2v) is 6.34. The molecule has 102 valence electrons. The van der Waals surface area contributed by atoms with Crippen molar-refractivity contribution in [1.82, 2.24) is 4.98 Å². The Labute approximate surface area is 113 Å². The molecule has 19 heavy (non-hydrogen) atoms. The van der Waals surface area contributed by atoms with Gasteiger partial charge in [-0.15, -0.1) is 0 Å². The van der Waals surface area contributed by atoms with Crippen LogP contribution in [0, 0.1) is 6.92 Å². The highest BCUT2D eigenvalue weighted by molar-refractivity contribution is 7.92. The molecule has 0 aliphatic rings. The minimum absolute atomic E-state index is 0.219. The Bertz CT molecular complexity index is 659. The van der Waals surface area contributed by atoms with Crippen LogP contribution in [0.3, 0.4) is 0 Å². The maximum absolute atomic E-state index is 12.4. The van der Waals surface area contributed by atoms with Gasteiger partial charge in [0, 0.05) is 25.5 Å². The van der Waals surface area contributed by atoms with E-state index < -0.39 is 10.0 Å². The molecule has 0 aliphatic carbocycles. The average Bonchev–Trinajstić information content (AvgIpc) is 2.88. The van der Waals surface area contributed by atoms with Crippen molar-refractivity contribution < 1.29 is 8.42 Å². The van der Waals surface area contributed by atoms with Crippen LogP contribution in [-0.4, -0.2) is 20.4 Å². The summed E-state index contributed by atoms with van der Waals surface area (Å²) < 4.78 is 26.1. The van der Waals surface area contributed by atoms with Crippen LogP contribution in [0.1, 0.15) is 11.3 Å². The molecule has 1 aromatic carbocycles. The summed E-state index contributed by atoms with van der Waals surface area (Å²) in [5.74, 6) is 0. The Morgan fingerprint density at radius 2 is 1.89 bits per heavy atom. The predicted molar refractivity (Wildman–Crippen MR) is 75.5 cm³/mol. The first-order valence-electron chi connectivity index (χ1n) is 5.88. The van der Waals surface area contributed by atoms with E-state index in [1.807, 2.05) is 19.1 Å². The van der Waals surface area contributed by atoms with Gasteiger partial charge in [-0.3, -0.25) is 4.31 Å². The maximum atomic E-state index is 12.4. The van der Waals surface area contributed by atoms with Gasteiger partial charge in [0.1, 0.15) is 4.90 Å². The number of hydrogen-bond acceptors (Lipinski definition) is 3. The van der Waals surface area contributed by atoms with Crippen molar-refractivity contribution in [2.45, 2.75) is 18.4 Å². The second kappa shape index (κ2) is 5.07.